The molecular weight excluding hydrogens is 342 g/mol. The van der Waals surface area contributed by atoms with Gasteiger partial charge in [-0.1, -0.05) is 6.92 Å². The third kappa shape index (κ3) is 5.27. The molecule has 1 aliphatic heterocycles. The number of benzene rings is 1. The van der Waals surface area contributed by atoms with Crippen LogP contribution < -0.4 is 5.32 Å². The van der Waals surface area contributed by atoms with E-state index in [-0.39, 0.29) is 17.6 Å². The first-order valence-electron chi connectivity index (χ1n) is 8.48. The van der Waals surface area contributed by atoms with E-state index in [1.807, 2.05) is 6.92 Å². The molecule has 1 N–H and O–H groups in total. The molecule has 138 valence electrons. The highest BCUT2D eigenvalue weighted by molar-refractivity contribution is 7.89. The Morgan fingerprint density at radius 3 is 2.36 bits per heavy atom. The predicted molar refractivity (Wildman–Crippen MR) is 96.9 cm³/mol. The lowest BCUT2D eigenvalue weighted by molar-refractivity contribution is -0.114. The van der Waals surface area contributed by atoms with E-state index >= 15 is 0 Å². The summed E-state index contributed by atoms with van der Waals surface area (Å²) >= 11 is 0. The Kier molecular flexibility index (Phi) is 6.55. The van der Waals surface area contributed by atoms with Gasteiger partial charge in [-0.25, -0.2) is 12.7 Å². The van der Waals surface area contributed by atoms with Crippen LogP contribution in [0, 0.1) is 0 Å². The van der Waals surface area contributed by atoms with Crippen LogP contribution in [-0.2, 0) is 14.8 Å². The van der Waals surface area contributed by atoms with Gasteiger partial charge in [-0.05, 0) is 37.1 Å². The minimum absolute atomic E-state index is 0.121. The zero-order chi connectivity index (χ0) is 18.4. The van der Waals surface area contributed by atoms with Crippen LogP contribution in [0.4, 0.5) is 5.69 Å². The third-order valence-corrected chi connectivity index (χ3v) is 6.13. The van der Waals surface area contributed by atoms with Crippen molar-refractivity contribution in [3.63, 3.8) is 0 Å². The summed E-state index contributed by atoms with van der Waals surface area (Å²) in [6.07, 6.45) is 1.21. The highest BCUT2D eigenvalue weighted by atomic mass is 32.2. The molecule has 0 aromatic heterocycles. The van der Waals surface area contributed by atoms with E-state index in [4.69, 9.17) is 0 Å². The van der Waals surface area contributed by atoms with Crippen molar-refractivity contribution >= 4 is 27.5 Å². The third-order valence-electron chi connectivity index (χ3n) is 4.05. The number of hydrogen-bond donors (Lipinski definition) is 1. The first-order valence-corrected chi connectivity index (χ1v) is 10.1. The molecule has 0 saturated carbocycles. The minimum Gasteiger partial charge on any atom is -0.337 e. The lowest BCUT2D eigenvalue weighted by Crippen LogP contribution is -2.38. The van der Waals surface area contributed by atoms with Gasteiger partial charge in [-0.15, -0.1) is 0 Å². The van der Waals surface area contributed by atoms with Crippen molar-refractivity contribution in [1.29, 1.82) is 0 Å². The molecule has 2 rings (SSSR count). The highest BCUT2D eigenvalue weighted by Gasteiger charge is 2.26. The summed E-state index contributed by atoms with van der Waals surface area (Å²) in [6.45, 7) is 4.97. The molecule has 0 aliphatic carbocycles. The van der Waals surface area contributed by atoms with Crippen molar-refractivity contribution in [3.8, 4) is 0 Å². The van der Waals surface area contributed by atoms with Crippen LogP contribution in [0.2, 0.25) is 0 Å². The Morgan fingerprint density at radius 1 is 1.08 bits per heavy atom. The molecule has 0 unspecified atom stereocenters. The van der Waals surface area contributed by atoms with Gasteiger partial charge in [0.2, 0.25) is 15.9 Å². The Balaban J connectivity index is 2.02. The summed E-state index contributed by atoms with van der Waals surface area (Å²) in [5.74, 6) is -0.143. The first-order chi connectivity index (χ1) is 11.8. The van der Waals surface area contributed by atoms with Crippen LogP contribution in [0.1, 0.15) is 37.0 Å². The summed E-state index contributed by atoms with van der Waals surface area (Å²) in [6, 6.07) is 6.71. The second-order valence-electron chi connectivity index (χ2n) is 6.12. The zero-order valence-corrected chi connectivity index (χ0v) is 15.5. The van der Waals surface area contributed by atoms with E-state index in [1.54, 1.807) is 29.2 Å². The fourth-order valence-corrected chi connectivity index (χ4v) is 4.39. The maximum Gasteiger partial charge on any atom is 0.253 e. The summed E-state index contributed by atoms with van der Waals surface area (Å²) in [7, 11) is -3.23. The van der Waals surface area contributed by atoms with Crippen LogP contribution in [0.25, 0.3) is 0 Å². The van der Waals surface area contributed by atoms with Gasteiger partial charge < -0.3 is 10.2 Å². The summed E-state index contributed by atoms with van der Waals surface area (Å²) in [4.78, 5) is 25.4. The summed E-state index contributed by atoms with van der Waals surface area (Å²) < 4.78 is 25.9. The molecule has 1 heterocycles. The van der Waals surface area contributed by atoms with E-state index < -0.39 is 10.0 Å². The Morgan fingerprint density at radius 2 is 1.76 bits per heavy atom. The molecule has 1 aromatic carbocycles. The van der Waals surface area contributed by atoms with Gasteiger partial charge in [0.1, 0.15) is 0 Å². The monoisotopic (exact) mass is 367 g/mol. The SMILES string of the molecule is CCCS(=O)(=O)N1CCCN(C(=O)c2ccc(NC(C)=O)cc2)CC1. The number of rotatable bonds is 5. The number of sulfonamides is 1. The standard InChI is InChI=1S/C17H25N3O4S/c1-3-13-25(23,24)20-10-4-9-19(11-12-20)17(22)15-5-7-16(8-6-15)18-14(2)21/h5-8H,3-4,9-13H2,1-2H3,(H,18,21). The average Bonchev–Trinajstić information content (AvgIpc) is 2.81. The lowest BCUT2D eigenvalue weighted by atomic mass is 10.1. The van der Waals surface area contributed by atoms with Crippen molar-refractivity contribution in [2.24, 2.45) is 0 Å². The maximum absolute atomic E-state index is 12.6. The molecule has 1 fully saturated rings. The van der Waals surface area contributed by atoms with Crippen molar-refractivity contribution in [2.75, 3.05) is 37.2 Å². The van der Waals surface area contributed by atoms with E-state index in [1.165, 1.54) is 11.2 Å². The Labute approximate surface area is 149 Å². The number of carbonyl (C=O) groups excluding carboxylic acids is 2. The molecular formula is C17H25N3O4S. The van der Waals surface area contributed by atoms with Gasteiger partial charge in [0.15, 0.2) is 0 Å². The predicted octanol–water partition coefficient (Wildman–Crippen LogP) is 1.53. The fourth-order valence-electron chi connectivity index (χ4n) is 2.84. The molecule has 0 radical (unpaired) electrons. The molecule has 1 aromatic rings. The van der Waals surface area contributed by atoms with E-state index in [9.17, 15) is 18.0 Å². The molecule has 25 heavy (non-hydrogen) atoms. The molecule has 8 heteroatoms. The quantitative estimate of drug-likeness (QED) is 0.855. The number of carbonyl (C=O) groups is 2. The number of nitrogens with zero attached hydrogens (tertiary/aromatic N) is 2. The Bertz CT molecular complexity index is 716. The van der Waals surface area contributed by atoms with E-state index in [2.05, 4.69) is 5.32 Å². The number of nitrogens with one attached hydrogen (secondary N) is 1. The van der Waals surface area contributed by atoms with Crippen LogP contribution in [0.15, 0.2) is 24.3 Å². The number of anilines is 1. The smallest absolute Gasteiger partial charge is 0.253 e. The van der Waals surface area contributed by atoms with Crippen molar-refractivity contribution in [1.82, 2.24) is 9.21 Å². The number of hydrogen-bond acceptors (Lipinski definition) is 4. The van der Waals surface area contributed by atoms with Gasteiger partial charge in [-0.2, -0.15) is 0 Å². The molecule has 7 nitrogen and oxygen atoms in total. The molecule has 0 spiro atoms. The van der Waals surface area contributed by atoms with Crippen LogP contribution in [-0.4, -0.2) is 61.4 Å². The molecule has 0 bridgehead atoms. The maximum atomic E-state index is 12.6. The molecule has 2 amide bonds. The van der Waals surface area contributed by atoms with E-state index in [0.717, 1.165) is 0 Å². The number of amides is 2. The van der Waals surface area contributed by atoms with Crippen molar-refractivity contribution < 1.29 is 18.0 Å². The molecule has 0 atom stereocenters. The second-order valence-corrected chi connectivity index (χ2v) is 8.21. The van der Waals surface area contributed by atoms with Crippen molar-refractivity contribution in [3.05, 3.63) is 29.8 Å². The van der Waals surface area contributed by atoms with Crippen molar-refractivity contribution in [2.45, 2.75) is 26.7 Å². The van der Waals surface area contributed by atoms with Crippen LogP contribution in [0.5, 0.6) is 0 Å². The van der Waals surface area contributed by atoms with Crippen LogP contribution >= 0.6 is 0 Å². The van der Waals surface area contributed by atoms with Gasteiger partial charge in [-0.3, -0.25) is 9.59 Å². The van der Waals surface area contributed by atoms with Gasteiger partial charge in [0, 0.05) is 44.4 Å². The molecule has 1 aliphatic rings. The summed E-state index contributed by atoms with van der Waals surface area (Å²) in [5.41, 5.74) is 1.16. The van der Waals surface area contributed by atoms with E-state index in [0.29, 0.717) is 50.3 Å². The zero-order valence-electron chi connectivity index (χ0n) is 14.7. The van der Waals surface area contributed by atoms with Crippen LogP contribution in [0.3, 0.4) is 0 Å². The first kappa shape index (κ1) is 19.4. The second kappa shape index (κ2) is 8.44. The highest BCUT2D eigenvalue weighted by Crippen LogP contribution is 2.15. The topological polar surface area (TPSA) is 86.8 Å². The lowest BCUT2D eigenvalue weighted by Gasteiger charge is -2.22. The minimum atomic E-state index is -3.23. The average molecular weight is 367 g/mol. The Hall–Kier alpha value is -1.93. The molecule has 1 saturated heterocycles. The van der Waals surface area contributed by atoms with Gasteiger partial charge in [0.05, 0.1) is 5.75 Å². The summed E-state index contributed by atoms with van der Waals surface area (Å²) in [5, 5.41) is 2.66. The fraction of sp³-hybridized carbons (Fsp3) is 0.529. The van der Waals surface area contributed by atoms with Gasteiger partial charge in [0.25, 0.3) is 5.91 Å². The van der Waals surface area contributed by atoms with Gasteiger partial charge >= 0.3 is 0 Å². The normalized spacial score (nSPS) is 16.3. The largest absolute Gasteiger partial charge is 0.337 e.